The van der Waals surface area contributed by atoms with Gasteiger partial charge in [-0.2, -0.15) is 4.98 Å². The fourth-order valence-corrected chi connectivity index (χ4v) is 5.81. The van der Waals surface area contributed by atoms with Crippen molar-refractivity contribution in [1.29, 1.82) is 0 Å². The van der Waals surface area contributed by atoms with Gasteiger partial charge in [0, 0.05) is 75.0 Å². The zero-order chi connectivity index (χ0) is 30.1. The minimum atomic E-state index is -0.566. The van der Waals surface area contributed by atoms with Crippen molar-refractivity contribution in [2.24, 2.45) is 0 Å². The molecule has 2 saturated heterocycles. The van der Waals surface area contributed by atoms with Crippen LogP contribution in [0.1, 0.15) is 44.9 Å². The molecule has 5 rings (SSSR count). The number of hydrogen-bond donors (Lipinski definition) is 0. The van der Waals surface area contributed by atoms with E-state index < -0.39 is 5.60 Å². The van der Waals surface area contributed by atoms with Gasteiger partial charge in [0.2, 0.25) is 5.82 Å². The first-order valence-corrected chi connectivity index (χ1v) is 14.5. The number of likely N-dealkylation sites (N-methyl/N-ethyl adjacent to an activating group) is 1. The molecule has 11 heteroatoms. The summed E-state index contributed by atoms with van der Waals surface area (Å²) in [5.41, 5.74) is 3.40. The number of nitrogens with zero attached hydrogens (tertiary/aromatic N) is 7. The lowest BCUT2D eigenvalue weighted by Gasteiger charge is -2.53. The molecule has 0 saturated carbocycles. The van der Waals surface area contributed by atoms with Gasteiger partial charge in [-0.3, -0.25) is 9.88 Å². The molecule has 0 N–H and O–H groups in total. The van der Waals surface area contributed by atoms with Gasteiger partial charge in [0.05, 0.1) is 7.11 Å². The topological polar surface area (TPSA) is 100 Å². The van der Waals surface area contributed by atoms with Crippen LogP contribution in [0.5, 0.6) is 5.75 Å². The van der Waals surface area contributed by atoms with Crippen molar-refractivity contribution >= 4 is 17.8 Å². The first kappa shape index (κ1) is 29.6. The van der Waals surface area contributed by atoms with E-state index in [0.29, 0.717) is 24.1 Å². The highest BCUT2D eigenvalue weighted by Gasteiger charge is 2.43. The third kappa shape index (κ3) is 6.61. The van der Waals surface area contributed by atoms with Crippen LogP contribution >= 0.6 is 0 Å². The van der Waals surface area contributed by atoms with Gasteiger partial charge in [-0.05, 0) is 83.5 Å². The number of piperazine rings is 1. The van der Waals surface area contributed by atoms with E-state index in [-0.39, 0.29) is 11.6 Å². The summed E-state index contributed by atoms with van der Waals surface area (Å²) in [6, 6.07) is 10.5. The molecule has 1 spiro atoms. The van der Waals surface area contributed by atoms with Gasteiger partial charge in [0.1, 0.15) is 11.4 Å². The van der Waals surface area contributed by atoms with Gasteiger partial charge in [0.15, 0.2) is 0 Å². The molecule has 0 unspecified atom stereocenters. The number of rotatable bonds is 6. The lowest BCUT2D eigenvalue weighted by atomic mass is 9.83. The smallest absolute Gasteiger partial charge is 0.410 e. The first-order valence-electron chi connectivity index (χ1n) is 14.5. The number of hydrogen-bond acceptors (Lipinski definition) is 10. The number of ether oxygens (including phenoxy) is 2. The van der Waals surface area contributed by atoms with Crippen molar-refractivity contribution in [2.75, 3.05) is 63.7 Å². The van der Waals surface area contributed by atoms with Crippen LogP contribution in [0, 0.1) is 6.92 Å². The highest BCUT2D eigenvalue weighted by Crippen LogP contribution is 2.35. The fourth-order valence-electron chi connectivity index (χ4n) is 5.81. The molecule has 1 aromatic carbocycles. The van der Waals surface area contributed by atoms with E-state index in [9.17, 15) is 4.79 Å². The molecule has 2 aliphatic rings. The van der Waals surface area contributed by atoms with E-state index in [1.54, 1.807) is 14.2 Å². The minimum Gasteiger partial charge on any atom is -0.497 e. The number of pyridine rings is 1. The predicted octanol–water partition coefficient (Wildman–Crippen LogP) is 4.61. The Kier molecular flexibility index (Phi) is 8.32. The Morgan fingerprint density at radius 1 is 1.10 bits per heavy atom. The zero-order valence-electron chi connectivity index (χ0n) is 25.9. The Morgan fingerprint density at radius 2 is 1.86 bits per heavy atom. The van der Waals surface area contributed by atoms with Crippen molar-refractivity contribution in [3.63, 3.8) is 0 Å². The molecule has 0 bridgehead atoms. The van der Waals surface area contributed by atoms with E-state index >= 15 is 0 Å². The summed E-state index contributed by atoms with van der Waals surface area (Å²) in [4.78, 5) is 30.4. The van der Waals surface area contributed by atoms with Crippen molar-refractivity contribution in [3.05, 3.63) is 47.8 Å². The van der Waals surface area contributed by atoms with Crippen LogP contribution in [0.4, 0.5) is 16.5 Å². The zero-order valence-corrected chi connectivity index (χ0v) is 25.9. The fraction of sp³-hybridized carbons (Fsp3) is 0.548. The molecule has 2 aliphatic heterocycles. The Bertz CT molecular complexity index is 1390. The summed E-state index contributed by atoms with van der Waals surface area (Å²) in [6.45, 7) is 12.5. The van der Waals surface area contributed by atoms with Crippen molar-refractivity contribution in [1.82, 2.24) is 24.9 Å². The summed E-state index contributed by atoms with van der Waals surface area (Å²) in [6.07, 6.45) is 3.60. The Balaban J connectivity index is 1.29. The van der Waals surface area contributed by atoms with E-state index in [2.05, 4.69) is 44.0 Å². The van der Waals surface area contributed by atoms with Crippen LogP contribution < -0.4 is 14.5 Å². The van der Waals surface area contributed by atoms with E-state index in [4.69, 9.17) is 19.0 Å². The monoisotopic (exact) mass is 577 g/mol. The maximum atomic E-state index is 12.5. The van der Waals surface area contributed by atoms with Crippen LogP contribution in [0.3, 0.4) is 0 Å². The van der Waals surface area contributed by atoms with E-state index in [0.717, 1.165) is 62.4 Å². The maximum absolute atomic E-state index is 12.5. The molecular weight excluding hydrogens is 534 g/mol. The standard InChI is InChI=1S/C31H43N7O4/c1-22-16-25(8-11-32-22)37-12-9-31(10-13-37)21-38(15-14-36(31)6)28-33-27(34-42-28)24-17-23(18-26(19-24)40-7)20-35(5)29(39)41-30(2,3)4/h8,11,16-19H,9-10,12-15,20-21H2,1-7H3. The lowest BCUT2D eigenvalue weighted by molar-refractivity contribution is 0.0285. The number of carbonyl (C=O) groups excluding carboxylic acids is 1. The molecular formula is C31H43N7O4. The van der Waals surface area contributed by atoms with Crippen molar-refractivity contribution in [3.8, 4) is 17.1 Å². The summed E-state index contributed by atoms with van der Waals surface area (Å²) in [7, 11) is 5.56. The van der Waals surface area contributed by atoms with E-state index in [1.165, 1.54) is 10.6 Å². The predicted molar refractivity (Wildman–Crippen MR) is 162 cm³/mol. The normalized spacial score (nSPS) is 17.4. The van der Waals surface area contributed by atoms with Crippen molar-refractivity contribution in [2.45, 2.75) is 58.2 Å². The summed E-state index contributed by atoms with van der Waals surface area (Å²) >= 11 is 0. The molecule has 0 aliphatic carbocycles. The number of carbonyl (C=O) groups is 1. The first-order chi connectivity index (χ1) is 19.9. The molecule has 226 valence electrons. The van der Waals surface area contributed by atoms with Crippen LogP contribution in [0.15, 0.2) is 41.1 Å². The molecule has 1 amide bonds. The number of benzene rings is 1. The number of aromatic nitrogens is 3. The average Bonchev–Trinajstić information content (AvgIpc) is 3.44. The highest BCUT2D eigenvalue weighted by atomic mass is 16.6. The number of anilines is 2. The highest BCUT2D eigenvalue weighted by molar-refractivity contribution is 5.68. The third-order valence-electron chi connectivity index (χ3n) is 8.21. The molecule has 42 heavy (non-hydrogen) atoms. The SMILES string of the molecule is COc1cc(CN(C)C(=O)OC(C)(C)C)cc(-c2noc(N3CCN(C)C4(CCN(c5ccnc(C)c5)CC4)C3)n2)c1. The summed E-state index contributed by atoms with van der Waals surface area (Å²) in [5, 5.41) is 4.34. The third-order valence-corrected chi connectivity index (χ3v) is 8.21. The van der Waals surface area contributed by atoms with Gasteiger partial charge < -0.3 is 28.7 Å². The number of amides is 1. The second kappa shape index (κ2) is 11.8. The number of piperidine rings is 1. The number of aryl methyl sites for hydroxylation is 1. The van der Waals surface area contributed by atoms with Gasteiger partial charge >= 0.3 is 12.1 Å². The second-order valence-corrected chi connectivity index (χ2v) is 12.5. The Labute approximate surface area is 248 Å². The molecule has 2 aromatic heterocycles. The summed E-state index contributed by atoms with van der Waals surface area (Å²) in [5.74, 6) is 1.14. The van der Waals surface area contributed by atoms with Crippen LogP contribution in [0.25, 0.3) is 11.4 Å². The van der Waals surface area contributed by atoms with Gasteiger partial charge in [-0.1, -0.05) is 5.16 Å². The molecule has 11 nitrogen and oxygen atoms in total. The molecule has 0 radical (unpaired) electrons. The molecule has 3 aromatic rings. The summed E-state index contributed by atoms with van der Waals surface area (Å²) < 4.78 is 16.9. The van der Waals surface area contributed by atoms with Crippen LogP contribution in [0.2, 0.25) is 0 Å². The second-order valence-electron chi connectivity index (χ2n) is 12.5. The van der Waals surface area contributed by atoms with Crippen LogP contribution in [-0.2, 0) is 11.3 Å². The maximum Gasteiger partial charge on any atom is 0.410 e. The number of methoxy groups -OCH3 is 1. The largest absolute Gasteiger partial charge is 0.497 e. The lowest BCUT2D eigenvalue weighted by Crippen LogP contribution is -2.64. The van der Waals surface area contributed by atoms with Gasteiger partial charge in [-0.25, -0.2) is 4.79 Å². The van der Waals surface area contributed by atoms with E-state index in [1.807, 2.05) is 52.1 Å². The average molecular weight is 578 g/mol. The molecule has 0 atom stereocenters. The van der Waals surface area contributed by atoms with Crippen LogP contribution in [-0.4, -0.2) is 96.1 Å². The van der Waals surface area contributed by atoms with Gasteiger partial charge in [0.25, 0.3) is 0 Å². The van der Waals surface area contributed by atoms with Gasteiger partial charge in [-0.15, -0.1) is 0 Å². The van der Waals surface area contributed by atoms with Crippen molar-refractivity contribution < 1.29 is 18.8 Å². The molecule has 4 heterocycles. The molecule has 2 fully saturated rings. The Hall–Kier alpha value is -3.86. The quantitative estimate of drug-likeness (QED) is 0.413. The minimum absolute atomic E-state index is 0.0425. The Morgan fingerprint density at radius 3 is 2.55 bits per heavy atom.